The Bertz CT molecular complexity index is 330. The lowest BCUT2D eigenvalue weighted by Crippen LogP contribution is -1.83. The second kappa shape index (κ2) is 2.54. The lowest BCUT2D eigenvalue weighted by Gasteiger charge is -1.96. The van der Waals surface area contributed by atoms with Gasteiger partial charge in [-0.15, -0.1) is 0 Å². The van der Waals surface area contributed by atoms with Crippen LogP contribution in [0.4, 0.5) is 14.5 Å². The Balaban J connectivity index is 3.40. The van der Waals surface area contributed by atoms with Crippen molar-refractivity contribution in [1.82, 2.24) is 0 Å². The monoisotopic (exact) mass is 155 g/mol. The molecule has 2 nitrogen and oxygen atoms in total. The summed E-state index contributed by atoms with van der Waals surface area (Å²) in [7, 11) is 0. The minimum absolute atomic E-state index is 0.430. The molecule has 0 aliphatic heterocycles. The minimum atomic E-state index is -1.38. The largest absolute Gasteiger partial charge is 0.505 e. The highest BCUT2D eigenvalue weighted by atomic mass is 19.2. The average Bonchev–Trinajstić information content (AvgIpc) is 2.01. The van der Waals surface area contributed by atoms with Gasteiger partial charge in [0.05, 0.1) is 6.57 Å². The predicted molar refractivity (Wildman–Crippen MR) is 34.3 cm³/mol. The number of hydrogen-bond acceptors (Lipinski definition) is 1. The van der Waals surface area contributed by atoms with E-state index in [1.807, 2.05) is 0 Å². The summed E-state index contributed by atoms with van der Waals surface area (Å²) < 4.78 is 24.9. The smallest absolute Gasteiger partial charge is 0.225 e. The van der Waals surface area contributed by atoms with Crippen LogP contribution in [0.1, 0.15) is 0 Å². The zero-order chi connectivity index (χ0) is 8.43. The molecule has 56 valence electrons. The highest BCUT2D eigenvalue weighted by molar-refractivity contribution is 5.49. The van der Waals surface area contributed by atoms with E-state index in [1.54, 1.807) is 0 Å². The lowest BCUT2D eigenvalue weighted by molar-refractivity contribution is 0.408. The summed E-state index contributed by atoms with van der Waals surface area (Å²) in [5.41, 5.74) is -0.430. The third-order valence-electron chi connectivity index (χ3n) is 1.16. The summed E-state index contributed by atoms with van der Waals surface area (Å²) in [6.45, 7) is 6.39. The second-order valence-corrected chi connectivity index (χ2v) is 1.84. The molecule has 0 fully saturated rings. The zero-order valence-corrected chi connectivity index (χ0v) is 5.31. The Hall–Kier alpha value is -1.63. The molecule has 0 amide bonds. The fraction of sp³-hybridized carbons (Fsp3) is 0. The van der Waals surface area contributed by atoms with Crippen LogP contribution in [-0.2, 0) is 0 Å². The van der Waals surface area contributed by atoms with Crippen molar-refractivity contribution in [2.24, 2.45) is 0 Å². The fourth-order valence-corrected chi connectivity index (χ4v) is 0.615. The van der Waals surface area contributed by atoms with Crippen molar-refractivity contribution in [2.45, 2.75) is 0 Å². The minimum Gasteiger partial charge on any atom is -0.505 e. The Morgan fingerprint density at radius 3 is 2.45 bits per heavy atom. The summed E-state index contributed by atoms with van der Waals surface area (Å²) >= 11 is 0. The first-order valence-corrected chi connectivity index (χ1v) is 2.71. The Labute approximate surface area is 61.5 Å². The molecule has 0 aliphatic carbocycles. The van der Waals surface area contributed by atoms with E-state index in [9.17, 15) is 8.78 Å². The maximum absolute atomic E-state index is 12.5. The van der Waals surface area contributed by atoms with E-state index in [1.165, 1.54) is 0 Å². The number of rotatable bonds is 0. The molecule has 1 rings (SSSR count). The molecule has 0 aromatic heterocycles. The molecule has 0 atom stereocenters. The van der Waals surface area contributed by atoms with Gasteiger partial charge in [-0.3, -0.25) is 0 Å². The number of hydrogen-bond donors (Lipinski definition) is 1. The molecule has 1 N–H and O–H groups in total. The summed E-state index contributed by atoms with van der Waals surface area (Å²) in [6.07, 6.45) is 0. The Morgan fingerprint density at radius 1 is 1.27 bits per heavy atom. The van der Waals surface area contributed by atoms with Crippen molar-refractivity contribution in [1.29, 1.82) is 0 Å². The summed E-state index contributed by atoms with van der Waals surface area (Å²) in [4.78, 5) is 2.70. The van der Waals surface area contributed by atoms with Gasteiger partial charge in [-0.2, -0.15) is 0 Å². The van der Waals surface area contributed by atoms with Crippen molar-refractivity contribution in [3.05, 3.63) is 35.2 Å². The molecule has 0 radical (unpaired) electrons. The summed E-state index contributed by atoms with van der Waals surface area (Å²) in [5, 5.41) is 8.60. The number of halogens is 2. The van der Waals surface area contributed by atoms with E-state index < -0.39 is 23.1 Å². The maximum atomic E-state index is 12.5. The highest BCUT2D eigenvalue weighted by Gasteiger charge is 2.11. The Kier molecular flexibility index (Phi) is 1.73. The molecule has 0 aliphatic rings. The van der Waals surface area contributed by atoms with E-state index in [4.69, 9.17) is 11.7 Å². The second-order valence-electron chi connectivity index (χ2n) is 1.84. The molecule has 0 bridgehead atoms. The topological polar surface area (TPSA) is 24.6 Å². The zero-order valence-electron chi connectivity index (χ0n) is 5.31. The van der Waals surface area contributed by atoms with E-state index in [2.05, 4.69) is 4.85 Å². The van der Waals surface area contributed by atoms with Crippen molar-refractivity contribution in [3.63, 3.8) is 0 Å². The van der Waals surface area contributed by atoms with E-state index in [0.717, 1.165) is 12.1 Å². The van der Waals surface area contributed by atoms with Crippen molar-refractivity contribution in [3.8, 4) is 5.75 Å². The molecule has 1 aromatic carbocycles. The first kappa shape index (κ1) is 7.48. The van der Waals surface area contributed by atoms with Crippen LogP contribution in [0.3, 0.4) is 0 Å². The van der Waals surface area contributed by atoms with Crippen LogP contribution in [-0.4, -0.2) is 5.11 Å². The summed E-state index contributed by atoms with van der Waals surface area (Å²) in [6, 6.07) is 1.95. The lowest BCUT2D eigenvalue weighted by atomic mass is 10.3. The first-order chi connectivity index (χ1) is 5.16. The van der Waals surface area contributed by atoms with Crippen LogP contribution < -0.4 is 0 Å². The number of benzene rings is 1. The number of nitrogens with zero attached hydrogens (tertiary/aromatic N) is 1. The van der Waals surface area contributed by atoms with Crippen LogP contribution in [0.25, 0.3) is 4.85 Å². The summed E-state index contributed by atoms with van der Waals surface area (Å²) in [5.74, 6) is -3.46. The van der Waals surface area contributed by atoms with Crippen LogP contribution in [0, 0.1) is 18.2 Å². The van der Waals surface area contributed by atoms with E-state index in [0.29, 0.717) is 0 Å². The molecule has 0 spiro atoms. The molecular formula is C7H3F2NO. The highest BCUT2D eigenvalue weighted by Crippen LogP contribution is 2.26. The van der Waals surface area contributed by atoms with Crippen LogP contribution in [0.15, 0.2) is 12.1 Å². The average molecular weight is 155 g/mol. The molecule has 1 aromatic rings. The van der Waals surface area contributed by atoms with Gasteiger partial charge in [0.2, 0.25) is 5.69 Å². The van der Waals surface area contributed by atoms with Gasteiger partial charge in [0.25, 0.3) is 0 Å². The standard InChI is InChI=1S/C7H3F2NO/c1-10-4-2-3-5(11)7(9)6(4)8/h2-3,11H. The third-order valence-corrected chi connectivity index (χ3v) is 1.16. The Morgan fingerprint density at radius 2 is 1.91 bits per heavy atom. The maximum Gasteiger partial charge on any atom is 0.225 e. The molecule has 4 heteroatoms. The van der Waals surface area contributed by atoms with Crippen LogP contribution in [0.5, 0.6) is 5.75 Å². The third kappa shape index (κ3) is 1.13. The molecule has 0 saturated heterocycles. The van der Waals surface area contributed by atoms with Crippen molar-refractivity contribution in [2.75, 3.05) is 0 Å². The molecule has 0 saturated carbocycles. The van der Waals surface area contributed by atoms with Crippen LogP contribution in [0.2, 0.25) is 0 Å². The number of aromatic hydroxyl groups is 1. The van der Waals surface area contributed by atoms with Gasteiger partial charge < -0.3 is 5.11 Å². The van der Waals surface area contributed by atoms with Gasteiger partial charge in [-0.05, 0) is 12.1 Å². The van der Waals surface area contributed by atoms with Crippen molar-refractivity contribution < 1.29 is 13.9 Å². The first-order valence-electron chi connectivity index (χ1n) is 2.71. The fourth-order valence-electron chi connectivity index (χ4n) is 0.615. The van der Waals surface area contributed by atoms with E-state index >= 15 is 0 Å². The van der Waals surface area contributed by atoms with Crippen LogP contribution >= 0.6 is 0 Å². The van der Waals surface area contributed by atoms with Gasteiger partial charge in [-0.25, -0.2) is 13.6 Å². The predicted octanol–water partition coefficient (Wildman–Crippen LogP) is 2.22. The normalized spacial score (nSPS) is 9.18. The van der Waals surface area contributed by atoms with Gasteiger partial charge in [0, 0.05) is 0 Å². The van der Waals surface area contributed by atoms with Gasteiger partial charge in [-0.1, -0.05) is 0 Å². The molecular weight excluding hydrogens is 152 g/mol. The van der Waals surface area contributed by atoms with Gasteiger partial charge in [0.1, 0.15) is 0 Å². The SMILES string of the molecule is [C-]#[N+]c1ccc(O)c(F)c1F. The van der Waals surface area contributed by atoms with Crippen molar-refractivity contribution >= 4 is 5.69 Å². The van der Waals surface area contributed by atoms with Gasteiger partial charge >= 0.3 is 0 Å². The molecule has 0 heterocycles. The quantitative estimate of drug-likeness (QED) is 0.571. The van der Waals surface area contributed by atoms with E-state index in [-0.39, 0.29) is 0 Å². The molecule has 0 unspecified atom stereocenters. The number of phenols is 1. The number of phenolic OH excluding ortho intramolecular Hbond substituents is 1. The van der Waals surface area contributed by atoms with Gasteiger partial charge in [0.15, 0.2) is 17.4 Å². The molecule has 11 heavy (non-hydrogen) atoms.